The maximum atomic E-state index is 12.4. The predicted octanol–water partition coefficient (Wildman–Crippen LogP) is 1.80. The number of urea groups is 1. The first-order chi connectivity index (χ1) is 12.1. The molecule has 2 aliphatic heterocycles. The summed E-state index contributed by atoms with van der Waals surface area (Å²) >= 11 is 0. The molecule has 0 bridgehead atoms. The summed E-state index contributed by atoms with van der Waals surface area (Å²) in [5, 5.41) is 4.21. The van der Waals surface area contributed by atoms with E-state index in [0.717, 1.165) is 6.54 Å². The minimum absolute atomic E-state index is 0.0114. The maximum Gasteiger partial charge on any atom is 0.410 e. The maximum absolute atomic E-state index is 12.4. The molecule has 3 amide bonds. The Labute approximate surface area is 146 Å². The van der Waals surface area contributed by atoms with Crippen LogP contribution in [0, 0.1) is 6.92 Å². The average molecular weight is 342 g/mol. The van der Waals surface area contributed by atoms with Crippen molar-refractivity contribution in [2.24, 2.45) is 0 Å². The van der Waals surface area contributed by atoms with E-state index in [0.29, 0.717) is 32.8 Å². The lowest BCUT2D eigenvalue weighted by Crippen LogP contribution is -2.56. The van der Waals surface area contributed by atoms with Crippen molar-refractivity contribution in [2.75, 3.05) is 32.8 Å². The summed E-state index contributed by atoms with van der Waals surface area (Å²) in [7, 11) is 0. The lowest BCUT2D eigenvalue weighted by molar-refractivity contribution is 0.127. The average Bonchev–Trinajstić information content (AvgIpc) is 3.15. The fourth-order valence-corrected chi connectivity index (χ4v) is 3.70. The zero-order valence-electron chi connectivity index (χ0n) is 14.3. The molecule has 4 rings (SSSR count). The summed E-state index contributed by atoms with van der Waals surface area (Å²) in [6.45, 7) is 5.37. The van der Waals surface area contributed by atoms with Crippen molar-refractivity contribution in [2.45, 2.75) is 19.5 Å². The SMILES string of the molecule is Cc1cc2ccccc2n1CCNC(=O)N1CCN2C(=O)OC[C@@H]2C1. The summed E-state index contributed by atoms with van der Waals surface area (Å²) < 4.78 is 7.26. The molecule has 2 saturated heterocycles. The van der Waals surface area contributed by atoms with Gasteiger partial charge in [0.1, 0.15) is 6.61 Å². The topological polar surface area (TPSA) is 66.8 Å². The molecule has 2 fully saturated rings. The summed E-state index contributed by atoms with van der Waals surface area (Å²) in [5.41, 5.74) is 2.37. The number of amides is 3. The number of nitrogens with one attached hydrogen (secondary N) is 1. The Morgan fingerprint density at radius 3 is 3.04 bits per heavy atom. The number of carbonyl (C=O) groups is 2. The second-order valence-corrected chi connectivity index (χ2v) is 6.60. The Bertz CT molecular complexity index is 816. The van der Waals surface area contributed by atoms with E-state index in [1.54, 1.807) is 9.80 Å². The van der Waals surface area contributed by atoms with E-state index in [-0.39, 0.29) is 18.2 Å². The molecule has 0 spiro atoms. The molecule has 1 aromatic heterocycles. The number of hydrogen-bond donors (Lipinski definition) is 1. The molecule has 25 heavy (non-hydrogen) atoms. The second kappa shape index (κ2) is 6.31. The van der Waals surface area contributed by atoms with Crippen LogP contribution in [0.5, 0.6) is 0 Å². The van der Waals surface area contributed by atoms with Crippen LogP contribution in [-0.4, -0.2) is 65.3 Å². The third-order valence-electron chi connectivity index (χ3n) is 5.03. The number of nitrogens with zero attached hydrogens (tertiary/aromatic N) is 3. The number of cyclic esters (lactones) is 1. The highest BCUT2D eigenvalue weighted by atomic mass is 16.6. The van der Waals surface area contributed by atoms with E-state index in [4.69, 9.17) is 4.74 Å². The first kappa shape index (κ1) is 15.8. The number of aryl methyl sites for hydroxylation is 1. The zero-order valence-corrected chi connectivity index (χ0v) is 14.3. The normalized spacial score (nSPS) is 19.9. The molecule has 0 radical (unpaired) electrons. The fraction of sp³-hybridized carbons (Fsp3) is 0.444. The highest BCUT2D eigenvalue weighted by Gasteiger charge is 2.38. The van der Waals surface area contributed by atoms with Crippen LogP contribution < -0.4 is 5.32 Å². The van der Waals surface area contributed by atoms with E-state index in [1.807, 2.05) is 12.1 Å². The van der Waals surface area contributed by atoms with Gasteiger partial charge in [0.15, 0.2) is 0 Å². The van der Waals surface area contributed by atoms with Gasteiger partial charge in [-0.25, -0.2) is 9.59 Å². The zero-order chi connectivity index (χ0) is 17.4. The number of ether oxygens (including phenoxy) is 1. The second-order valence-electron chi connectivity index (χ2n) is 6.60. The van der Waals surface area contributed by atoms with Gasteiger partial charge in [0.05, 0.1) is 6.04 Å². The first-order valence-electron chi connectivity index (χ1n) is 8.64. The van der Waals surface area contributed by atoms with Crippen molar-refractivity contribution in [1.29, 1.82) is 0 Å². The van der Waals surface area contributed by atoms with E-state index < -0.39 is 0 Å². The van der Waals surface area contributed by atoms with Gasteiger partial charge in [-0.2, -0.15) is 0 Å². The molecular weight excluding hydrogens is 320 g/mol. The van der Waals surface area contributed by atoms with Crippen LogP contribution in [0.25, 0.3) is 10.9 Å². The summed E-state index contributed by atoms with van der Waals surface area (Å²) in [6.07, 6.45) is -0.264. The van der Waals surface area contributed by atoms with Crippen molar-refractivity contribution in [3.8, 4) is 0 Å². The van der Waals surface area contributed by atoms with E-state index >= 15 is 0 Å². The monoisotopic (exact) mass is 342 g/mol. The standard InChI is InChI=1S/C18H22N4O3/c1-13-10-14-4-2-3-5-16(14)21(13)7-6-19-17(23)20-8-9-22-15(11-20)12-25-18(22)24/h2-5,10,15H,6-9,11-12H2,1H3,(H,19,23)/t15-/m0/s1. The number of carbonyl (C=O) groups excluding carboxylic acids is 2. The number of aromatic nitrogens is 1. The predicted molar refractivity (Wildman–Crippen MR) is 93.5 cm³/mol. The highest BCUT2D eigenvalue weighted by Crippen LogP contribution is 2.19. The molecule has 2 aliphatic rings. The minimum Gasteiger partial charge on any atom is -0.447 e. The van der Waals surface area contributed by atoms with E-state index in [2.05, 4.69) is 35.0 Å². The molecule has 1 N–H and O–H groups in total. The van der Waals surface area contributed by atoms with Crippen LogP contribution in [0.2, 0.25) is 0 Å². The van der Waals surface area contributed by atoms with Crippen LogP contribution in [0.15, 0.2) is 30.3 Å². The van der Waals surface area contributed by atoms with Gasteiger partial charge in [-0.15, -0.1) is 0 Å². The Kier molecular flexibility index (Phi) is 3.99. The highest BCUT2D eigenvalue weighted by molar-refractivity contribution is 5.81. The van der Waals surface area contributed by atoms with Crippen LogP contribution >= 0.6 is 0 Å². The number of benzene rings is 1. The van der Waals surface area contributed by atoms with Gasteiger partial charge in [0.25, 0.3) is 0 Å². The number of fused-ring (bicyclic) bond motifs is 2. The van der Waals surface area contributed by atoms with Crippen molar-refractivity contribution in [1.82, 2.24) is 19.7 Å². The summed E-state index contributed by atoms with van der Waals surface area (Å²) in [5.74, 6) is 0. The van der Waals surface area contributed by atoms with Gasteiger partial charge in [0, 0.05) is 43.9 Å². The number of para-hydroxylation sites is 1. The number of piperazine rings is 1. The van der Waals surface area contributed by atoms with Crippen LogP contribution in [0.1, 0.15) is 5.69 Å². The van der Waals surface area contributed by atoms with Crippen molar-refractivity contribution in [3.63, 3.8) is 0 Å². The van der Waals surface area contributed by atoms with Crippen LogP contribution in [0.3, 0.4) is 0 Å². The van der Waals surface area contributed by atoms with E-state index in [1.165, 1.54) is 16.6 Å². The fourth-order valence-electron chi connectivity index (χ4n) is 3.70. The Morgan fingerprint density at radius 1 is 1.32 bits per heavy atom. The molecule has 1 atom stereocenters. The molecular formula is C18H22N4O3. The lowest BCUT2D eigenvalue weighted by Gasteiger charge is -2.35. The molecule has 0 saturated carbocycles. The molecule has 7 nitrogen and oxygen atoms in total. The largest absolute Gasteiger partial charge is 0.447 e. The molecule has 132 valence electrons. The lowest BCUT2D eigenvalue weighted by atomic mass is 10.2. The Balaban J connectivity index is 1.33. The third kappa shape index (κ3) is 2.90. The molecule has 0 unspecified atom stereocenters. The van der Waals surface area contributed by atoms with Gasteiger partial charge in [-0.05, 0) is 24.4 Å². The van der Waals surface area contributed by atoms with Gasteiger partial charge in [0.2, 0.25) is 0 Å². The first-order valence-corrected chi connectivity index (χ1v) is 8.64. The third-order valence-corrected chi connectivity index (χ3v) is 5.03. The Morgan fingerprint density at radius 2 is 2.16 bits per heavy atom. The Hall–Kier alpha value is -2.70. The molecule has 2 aromatic rings. The van der Waals surface area contributed by atoms with Crippen molar-refractivity contribution >= 4 is 23.0 Å². The van der Waals surface area contributed by atoms with Crippen molar-refractivity contribution in [3.05, 3.63) is 36.0 Å². The molecule has 7 heteroatoms. The van der Waals surface area contributed by atoms with Gasteiger partial charge in [-0.1, -0.05) is 18.2 Å². The van der Waals surface area contributed by atoms with Crippen LogP contribution in [-0.2, 0) is 11.3 Å². The van der Waals surface area contributed by atoms with E-state index in [9.17, 15) is 9.59 Å². The van der Waals surface area contributed by atoms with Crippen LogP contribution in [0.4, 0.5) is 9.59 Å². The smallest absolute Gasteiger partial charge is 0.410 e. The van der Waals surface area contributed by atoms with Crippen molar-refractivity contribution < 1.29 is 14.3 Å². The minimum atomic E-state index is -0.264. The molecule has 3 heterocycles. The van der Waals surface area contributed by atoms with Gasteiger partial charge >= 0.3 is 12.1 Å². The number of hydrogen-bond acceptors (Lipinski definition) is 3. The summed E-state index contributed by atoms with van der Waals surface area (Å²) in [6, 6.07) is 10.3. The summed E-state index contributed by atoms with van der Waals surface area (Å²) in [4.78, 5) is 27.4. The van der Waals surface area contributed by atoms with Gasteiger partial charge < -0.3 is 19.5 Å². The molecule has 0 aliphatic carbocycles. The molecule has 1 aromatic carbocycles. The quantitative estimate of drug-likeness (QED) is 0.925. The van der Waals surface area contributed by atoms with Gasteiger partial charge in [-0.3, -0.25) is 4.90 Å². The number of rotatable bonds is 3.